The molecule has 0 aliphatic carbocycles. The van der Waals surface area contributed by atoms with Crippen LogP contribution >= 0.6 is 11.6 Å². The second-order valence-corrected chi connectivity index (χ2v) is 6.95. The maximum atomic E-state index is 11.2. The van der Waals surface area contributed by atoms with Crippen LogP contribution in [0.4, 0.5) is 5.69 Å². The Balaban J connectivity index is 1.64. The van der Waals surface area contributed by atoms with E-state index in [0.29, 0.717) is 16.8 Å². The van der Waals surface area contributed by atoms with Crippen LogP contribution in [0.3, 0.4) is 0 Å². The van der Waals surface area contributed by atoms with Crippen molar-refractivity contribution in [3.05, 3.63) is 23.0 Å². The largest absolute Gasteiger partial charge is 0.381 e. The first-order valence-electron chi connectivity index (χ1n) is 9.18. The molecule has 2 rings (SSSR count). The van der Waals surface area contributed by atoms with Crippen LogP contribution in [-0.4, -0.2) is 58.1 Å². The molecule has 0 aromatic carbocycles. The SMILES string of the molecule is COC(CCCCOCC1CCN(c2ccc(Cl)nc2C=O)CC1)OC. The van der Waals surface area contributed by atoms with Gasteiger partial charge in [-0.2, -0.15) is 0 Å². The lowest BCUT2D eigenvalue weighted by Gasteiger charge is -2.33. The lowest BCUT2D eigenvalue weighted by Crippen LogP contribution is -2.35. The van der Waals surface area contributed by atoms with Crippen molar-refractivity contribution < 1.29 is 19.0 Å². The molecule has 0 unspecified atom stereocenters. The van der Waals surface area contributed by atoms with E-state index in [4.69, 9.17) is 25.8 Å². The summed E-state index contributed by atoms with van der Waals surface area (Å²) in [7, 11) is 3.32. The number of aldehydes is 1. The van der Waals surface area contributed by atoms with Gasteiger partial charge in [0.2, 0.25) is 0 Å². The van der Waals surface area contributed by atoms with E-state index in [2.05, 4.69) is 9.88 Å². The molecule has 26 heavy (non-hydrogen) atoms. The average molecular weight is 385 g/mol. The van der Waals surface area contributed by atoms with Crippen LogP contribution in [0.15, 0.2) is 12.1 Å². The molecule has 1 aromatic heterocycles. The summed E-state index contributed by atoms with van der Waals surface area (Å²) in [5.41, 5.74) is 1.28. The molecule has 1 saturated heterocycles. The fraction of sp³-hybridized carbons (Fsp3) is 0.684. The van der Waals surface area contributed by atoms with Crippen molar-refractivity contribution in [3.63, 3.8) is 0 Å². The van der Waals surface area contributed by atoms with E-state index in [-0.39, 0.29) is 6.29 Å². The molecule has 1 aromatic rings. The third kappa shape index (κ3) is 6.50. The van der Waals surface area contributed by atoms with Crippen molar-refractivity contribution in [2.45, 2.75) is 38.4 Å². The molecular formula is C19H29ClN2O4. The summed E-state index contributed by atoms with van der Waals surface area (Å²) in [5.74, 6) is 0.567. The van der Waals surface area contributed by atoms with Gasteiger partial charge in [-0.3, -0.25) is 4.79 Å². The Morgan fingerprint density at radius 1 is 1.27 bits per heavy atom. The van der Waals surface area contributed by atoms with E-state index in [1.165, 1.54) is 0 Å². The highest BCUT2D eigenvalue weighted by Crippen LogP contribution is 2.26. The quantitative estimate of drug-likeness (QED) is 0.251. The zero-order valence-corrected chi connectivity index (χ0v) is 16.4. The Morgan fingerprint density at radius 2 is 2.00 bits per heavy atom. The molecule has 7 heteroatoms. The van der Waals surface area contributed by atoms with Gasteiger partial charge < -0.3 is 19.1 Å². The minimum absolute atomic E-state index is 0.113. The Kier molecular flexibility index (Phi) is 9.32. The number of carbonyl (C=O) groups excluding carboxylic acids is 1. The molecule has 0 spiro atoms. The Labute approximate surface area is 160 Å². The number of piperidine rings is 1. The van der Waals surface area contributed by atoms with Crippen molar-refractivity contribution in [1.82, 2.24) is 4.98 Å². The molecular weight excluding hydrogens is 356 g/mol. The van der Waals surface area contributed by atoms with Gasteiger partial charge in [0.05, 0.1) is 5.69 Å². The number of unbranched alkanes of at least 4 members (excludes halogenated alkanes) is 1. The number of hydrogen-bond acceptors (Lipinski definition) is 6. The molecule has 146 valence electrons. The molecule has 1 aliphatic heterocycles. The molecule has 0 atom stereocenters. The monoisotopic (exact) mass is 384 g/mol. The van der Waals surface area contributed by atoms with E-state index < -0.39 is 0 Å². The smallest absolute Gasteiger partial charge is 0.170 e. The van der Waals surface area contributed by atoms with Crippen LogP contribution in [0.1, 0.15) is 42.6 Å². The molecule has 1 aliphatic rings. The molecule has 0 N–H and O–H groups in total. The molecule has 0 amide bonds. The topological polar surface area (TPSA) is 60.9 Å². The number of anilines is 1. The fourth-order valence-corrected chi connectivity index (χ4v) is 3.39. The minimum atomic E-state index is -0.113. The van der Waals surface area contributed by atoms with Crippen molar-refractivity contribution in [1.29, 1.82) is 0 Å². The third-order valence-corrected chi connectivity index (χ3v) is 5.00. The number of pyridine rings is 1. The van der Waals surface area contributed by atoms with Crippen molar-refractivity contribution in [2.24, 2.45) is 5.92 Å². The van der Waals surface area contributed by atoms with E-state index in [0.717, 1.165) is 70.4 Å². The predicted molar refractivity (Wildman–Crippen MR) is 102 cm³/mol. The summed E-state index contributed by atoms with van der Waals surface area (Å²) in [5, 5.41) is 0.349. The lowest BCUT2D eigenvalue weighted by atomic mass is 9.97. The normalized spacial score (nSPS) is 15.6. The molecule has 6 nitrogen and oxygen atoms in total. The summed E-state index contributed by atoms with van der Waals surface area (Å²) in [6.07, 6.45) is 5.70. The third-order valence-electron chi connectivity index (χ3n) is 4.79. The minimum Gasteiger partial charge on any atom is -0.381 e. The summed E-state index contributed by atoms with van der Waals surface area (Å²) in [6, 6.07) is 3.61. The van der Waals surface area contributed by atoms with E-state index >= 15 is 0 Å². The van der Waals surface area contributed by atoms with Gasteiger partial charge in [0.25, 0.3) is 0 Å². The van der Waals surface area contributed by atoms with Crippen molar-refractivity contribution >= 4 is 23.6 Å². The molecule has 0 radical (unpaired) electrons. The number of ether oxygens (including phenoxy) is 3. The summed E-state index contributed by atoms with van der Waals surface area (Å²) < 4.78 is 16.2. The van der Waals surface area contributed by atoms with Crippen LogP contribution in [0.2, 0.25) is 5.15 Å². The van der Waals surface area contributed by atoms with E-state index in [1.807, 2.05) is 6.07 Å². The Hall–Kier alpha value is -1.21. The van der Waals surface area contributed by atoms with Crippen LogP contribution in [0.5, 0.6) is 0 Å². The van der Waals surface area contributed by atoms with Gasteiger partial charge in [0.1, 0.15) is 10.8 Å². The average Bonchev–Trinajstić information content (AvgIpc) is 2.68. The van der Waals surface area contributed by atoms with Crippen LogP contribution in [-0.2, 0) is 14.2 Å². The summed E-state index contributed by atoms with van der Waals surface area (Å²) >= 11 is 5.87. The highest BCUT2D eigenvalue weighted by Gasteiger charge is 2.21. The number of methoxy groups -OCH3 is 2. The van der Waals surface area contributed by atoms with Crippen LogP contribution < -0.4 is 4.90 Å². The zero-order chi connectivity index (χ0) is 18.8. The standard InChI is InChI=1S/C19H29ClN2O4/c1-24-19(25-2)5-3-4-12-26-14-15-8-10-22(11-9-15)17-6-7-18(20)21-16(17)13-23/h6-7,13,15,19H,3-5,8-12,14H2,1-2H3. The van der Waals surface area contributed by atoms with Gasteiger partial charge in [-0.25, -0.2) is 4.98 Å². The zero-order valence-electron chi connectivity index (χ0n) is 15.7. The number of aromatic nitrogens is 1. The van der Waals surface area contributed by atoms with E-state index in [1.54, 1.807) is 20.3 Å². The van der Waals surface area contributed by atoms with Gasteiger partial charge in [-0.15, -0.1) is 0 Å². The first-order valence-corrected chi connectivity index (χ1v) is 9.55. The highest BCUT2D eigenvalue weighted by molar-refractivity contribution is 6.29. The van der Waals surface area contributed by atoms with Crippen LogP contribution in [0.25, 0.3) is 0 Å². The number of carbonyl (C=O) groups is 1. The molecule has 1 fully saturated rings. The summed E-state index contributed by atoms with van der Waals surface area (Å²) in [6.45, 7) is 3.38. The highest BCUT2D eigenvalue weighted by atomic mass is 35.5. The second-order valence-electron chi connectivity index (χ2n) is 6.56. The van der Waals surface area contributed by atoms with Crippen molar-refractivity contribution in [2.75, 3.05) is 45.4 Å². The molecule has 0 saturated carbocycles. The number of hydrogen-bond donors (Lipinski definition) is 0. The van der Waals surface area contributed by atoms with Gasteiger partial charge >= 0.3 is 0 Å². The fourth-order valence-electron chi connectivity index (χ4n) is 3.23. The van der Waals surface area contributed by atoms with Gasteiger partial charge in [0, 0.05) is 40.5 Å². The number of nitrogens with zero attached hydrogens (tertiary/aromatic N) is 2. The first kappa shape index (κ1) is 21.1. The maximum Gasteiger partial charge on any atom is 0.170 e. The number of rotatable bonds is 11. The van der Waals surface area contributed by atoms with Gasteiger partial charge in [-0.05, 0) is 50.2 Å². The van der Waals surface area contributed by atoms with Crippen LogP contribution in [0, 0.1) is 5.92 Å². The molecule has 0 bridgehead atoms. The molecule has 2 heterocycles. The van der Waals surface area contributed by atoms with Crippen molar-refractivity contribution in [3.8, 4) is 0 Å². The number of halogens is 1. The lowest BCUT2D eigenvalue weighted by molar-refractivity contribution is -0.107. The summed E-state index contributed by atoms with van der Waals surface area (Å²) in [4.78, 5) is 17.5. The predicted octanol–water partition coefficient (Wildman–Crippen LogP) is 3.57. The van der Waals surface area contributed by atoms with Gasteiger partial charge in [-0.1, -0.05) is 11.6 Å². The Bertz CT molecular complexity index is 546. The Morgan fingerprint density at radius 3 is 2.65 bits per heavy atom. The van der Waals surface area contributed by atoms with E-state index in [9.17, 15) is 4.79 Å². The second kappa shape index (κ2) is 11.5. The first-order chi connectivity index (χ1) is 12.7. The maximum absolute atomic E-state index is 11.2. The van der Waals surface area contributed by atoms with Gasteiger partial charge in [0.15, 0.2) is 12.6 Å².